The number of thioether (sulfide) groups is 1. The zero-order valence-electron chi connectivity index (χ0n) is 26.2. The lowest BCUT2D eigenvalue weighted by atomic mass is 10.0. The van der Waals surface area contributed by atoms with E-state index in [-0.39, 0.29) is 18.3 Å². The van der Waals surface area contributed by atoms with Crippen LogP contribution in [0.3, 0.4) is 0 Å². The number of unbranched alkanes of at least 4 members (excludes halogenated alkanes) is 13. The number of rotatable bonds is 25. The SMILES string of the molecule is CCCCCCCCCCCCCCCCSCC(CNS(=O)(=O)CCC[n+]1cccc2ccccc21)NC(=O)OC. The van der Waals surface area contributed by atoms with Crippen LogP contribution in [0.15, 0.2) is 42.6 Å². The topological polar surface area (TPSA) is 88.4 Å². The number of aromatic nitrogens is 1. The van der Waals surface area contributed by atoms with E-state index >= 15 is 0 Å². The smallest absolute Gasteiger partial charge is 0.407 e. The fourth-order valence-electron chi connectivity index (χ4n) is 5.14. The number of pyridine rings is 1. The lowest BCUT2D eigenvalue weighted by molar-refractivity contribution is -0.671. The van der Waals surface area contributed by atoms with Gasteiger partial charge in [0.1, 0.15) is 6.54 Å². The molecule has 1 aromatic carbocycles. The summed E-state index contributed by atoms with van der Waals surface area (Å²) in [6.45, 7) is 3.04. The van der Waals surface area contributed by atoms with Gasteiger partial charge in [-0.2, -0.15) is 16.3 Å². The largest absolute Gasteiger partial charge is 0.453 e. The second-order valence-corrected chi connectivity index (χ2v) is 14.4. The van der Waals surface area contributed by atoms with E-state index in [4.69, 9.17) is 4.74 Å². The maximum atomic E-state index is 12.7. The Labute approximate surface area is 260 Å². The number of hydrogen-bond donors (Lipinski definition) is 2. The number of carbonyl (C=O) groups is 1. The minimum atomic E-state index is -3.47. The van der Waals surface area contributed by atoms with Crippen molar-refractivity contribution in [1.82, 2.24) is 10.0 Å². The zero-order valence-corrected chi connectivity index (χ0v) is 27.8. The minimum Gasteiger partial charge on any atom is -0.453 e. The van der Waals surface area contributed by atoms with Crippen molar-refractivity contribution in [3.8, 4) is 0 Å². The molecule has 2 aromatic rings. The van der Waals surface area contributed by atoms with E-state index in [9.17, 15) is 13.2 Å². The van der Waals surface area contributed by atoms with Gasteiger partial charge in [0, 0.05) is 36.2 Å². The predicted molar refractivity (Wildman–Crippen MR) is 178 cm³/mol. The van der Waals surface area contributed by atoms with Crippen LogP contribution < -0.4 is 14.6 Å². The minimum absolute atomic E-state index is 0.0281. The monoisotopic (exact) mass is 622 g/mol. The van der Waals surface area contributed by atoms with Crippen LogP contribution >= 0.6 is 11.8 Å². The molecular weight excluding hydrogens is 567 g/mol. The number of benzene rings is 1. The van der Waals surface area contributed by atoms with Crippen LogP contribution in [0.5, 0.6) is 0 Å². The lowest BCUT2D eigenvalue weighted by Gasteiger charge is -2.18. The summed E-state index contributed by atoms with van der Waals surface area (Å²) in [4.78, 5) is 11.8. The average molecular weight is 623 g/mol. The summed E-state index contributed by atoms with van der Waals surface area (Å²) < 4.78 is 34.9. The van der Waals surface area contributed by atoms with E-state index in [0.717, 1.165) is 23.1 Å². The van der Waals surface area contributed by atoms with E-state index in [0.29, 0.717) is 18.7 Å². The van der Waals surface area contributed by atoms with Crippen molar-refractivity contribution >= 4 is 38.8 Å². The van der Waals surface area contributed by atoms with Crippen molar-refractivity contribution < 1.29 is 22.5 Å². The van der Waals surface area contributed by atoms with Gasteiger partial charge in [0.2, 0.25) is 15.5 Å². The summed E-state index contributed by atoms with van der Waals surface area (Å²) in [6, 6.07) is 11.8. The number of carbonyl (C=O) groups excluding carboxylic acids is 1. The first-order valence-electron chi connectivity index (χ1n) is 16.2. The van der Waals surface area contributed by atoms with Crippen LogP contribution in [-0.4, -0.2) is 51.5 Å². The van der Waals surface area contributed by atoms with Gasteiger partial charge in [0.25, 0.3) is 0 Å². The number of amides is 1. The summed E-state index contributed by atoms with van der Waals surface area (Å²) in [6.07, 6.45) is 20.7. The van der Waals surface area contributed by atoms with Crippen LogP contribution in [0, 0.1) is 0 Å². The normalized spacial score (nSPS) is 12.4. The highest BCUT2D eigenvalue weighted by Gasteiger charge is 2.18. The van der Waals surface area contributed by atoms with Crippen LogP contribution in [0.2, 0.25) is 0 Å². The first kappa shape index (κ1) is 36.4. The van der Waals surface area contributed by atoms with Gasteiger partial charge in [-0.15, -0.1) is 0 Å². The molecule has 2 rings (SSSR count). The van der Waals surface area contributed by atoms with Crippen molar-refractivity contribution in [1.29, 1.82) is 0 Å². The molecule has 0 saturated carbocycles. The molecule has 1 heterocycles. The molecule has 1 aromatic heterocycles. The Bertz CT molecular complexity index is 1090. The second-order valence-electron chi connectivity index (χ2n) is 11.3. The molecule has 0 spiro atoms. The quantitative estimate of drug-likeness (QED) is 0.0891. The molecule has 2 N–H and O–H groups in total. The maximum absolute atomic E-state index is 12.7. The van der Waals surface area contributed by atoms with Crippen molar-refractivity contribution in [3.63, 3.8) is 0 Å². The van der Waals surface area contributed by atoms with Crippen molar-refractivity contribution in [2.24, 2.45) is 0 Å². The number of para-hydroxylation sites is 1. The number of fused-ring (bicyclic) bond motifs is 1. The van der Waals surface area contributed by atoms with Gasteiger partial charge < -0.3 is 10.1 Å². The van der Waals surface area contributed by atoms with Gasteiger partial charge in [-0.3, -0.25) is 0 Å². The Morgan fingerprint density at radius 3 is 2.10 bits per heavy atom. The number of hydrogen-bond acceptors (Lipinski definition) is 5. The fraction of sp³-hybridized carbons (Fsp3) is 0.697. The molecule has 1 amide bonds. The lowest BCUT2D eigenvalue weighted by Crippen LogP contribution is -2.46. The van der Waals surface area contributed by atoms with Crippen LogP contribution in [-0.2, 0) is 21.3 Å². The van der Waals surface area contributed by atoms with Gasteiger partial charge >= 0.3 is 6.09 Å². The molecule has 0 aliphatic rings. The molecule has 238 valence electrons. The molecule has 0 fully saturated rings. The van der Waals surface area contributed by atoms with Gasteiger partial charge in [-0.05, 0) is 24.3 Å². The van der Waals surface area contributed by atoms with E-state index in [1.165, 1.54) is 90.6 Å². The summed E-state index contributed by atoms with van der Waals surface area (Å²) in [5.74, 6) is 1.68. The van der Waals surface area contributed by atoms with Crippen LogP contribution in [0.25, 0.3) is 10.9 Å². The standard InChI is InChI=1S/C33H55N3O4S2/c1-3-4-5-6-7-8-9-10-11-12-13-14-15-18-26-41-29-31(35-33(37)40-2)28-34-42(38,39)27-20-25-36-24-19-22-30-21-16-17-23-32(30)36/h16-17,19,21-24,31,34H,3-15,18,20,25-29H2,1-2H3/p+1. The van der Waals surface area contributed by atoms with E-state index in [1.54, 1.807) is 11.8 Å². The van der Waals surface area contributed by atoms with E-state index in [2.05, 4.69) is 33.7 Å². The zero-order chi connectivity index (χ0) is 30.3. The molecular formula is C33H56N3O4S2+. The molecule has 0 aliphatic heterocycles. The Balaban J connectivity index is 1.56. The molecule has 0 saturated heterocycles. The van der Waals surface area contributed by atoms with E-state index in [1.807, 2.05) is 30.5 Å². The van der Waals surface area contributed by atoms with Crippen molar-refractivity contribution in [2.75, 3.05) is 30.9 Å². The number of sulfonamides is 1. The molecule has 0 aliphatic carbocycles. The number of methoxy groups -OCH3 is 1. The molecule has 1 unspecified atom stereocenters. The molecule has 0 radical (unpaired) electrons. The van der Waals surface area contributed by atoms with Crippen LogP contribution in [0.4, 0.5) is 4.79 Å². The summed E-state index contributed by atoms with van der Waals surface area (Å²) in [7, 11) is -2.15. The summed E-state index contributed by atoms with van der Waals surface area (Å²) in [5.41, 5.74) is 1.09. The van der Waals surface area contributed by atoms with Gasteiger partial charge in [-0.1, -0.05) is 103 Å². The predicted octanol–water partition coefficient (Wildman–Crippen LogP) is 7.38. The highest BCUT2D eigenvalue weighted by Crippen LogP contribution is 2.14. The van der Waals surface area contributed by atoms with Gasteiger partial charge in [-0.25, -0.2) is 17.9 Å². The van der Waals surface area contributed by atoms with Crippen LogP contribution in [0.1, 0.15) is 103 Å². The van der Waals surface area contributed by atoms with Gasteiger partial charge in [0.05, 0.1) is 18.9 Å². The molecule has 7 nitrogen and oxygen atoms in total. The van der Waals surface area contributed by atoms with E-state index < -0.39 is 16.1 Å². The first-order valence-corrected chi connectivity index (χ1v) is 19.0. The first-order chi connectivity index (χ1) is 20.4. The third-order valence-corrected chi connectivity index (χ3v) is 10.3. The highest BCUT2D eigenvalue weighted by atomic mass is 32.2. The Morgan fingerprint density at radius 1 is 0.857 bits per heavy atom. The Kier molecular flexibility index (Phi) is 19.6. The third-order valence-electron chi connectivity index (χ3n) is 7.62. The highest BCUT2D eigenvalue weighted by molar-refractivity contribution is 7.99. The number of nitrogens with one attached hydrogen (secondary N) is 2. The third kappa shape index (κ3) is 16.7. The number of aryl methyl sites for hydroxylation is 1. The molecule has 42 heavy (non-hydrogen) atoms. The number of alkyl carbamates (subject to hydrolysis) is 1. The Hall–Kier alpha value is -1.84. The van der Waals surface area contributed by atoms with Gasteiger partial charge in [0.15, 0.2) is 6.20 Å². The average Bonchev–Trinajstić information content (AvgIpc) is 2.99. The summed E-state index contributed by atoms with van der Waals surface area (Å²) in [5, 5.41) is 3.91. The maximum Gasteiger partial charge on any atom is 0.407 e. The fourth-order valence-corrected chi connectivity index (χ4v) is 7.31. The second kappa shape index (κ2) is 22.7. The molecule has 9 heteroatoms. The van der Waals surface area contributed by atoms with Crippen molar-refractivity contribution in [3.05, 3.63) is 42.6 Å². The number of nitrogens with zero attached hydrogens (tertiary/aromatic N) is 1. The van der Waals surface area contributed by atoms with Crippen molar-refractivity contribution in [2.45, 2.75) is 116 Å². The number of ether oxygens (including phenoxy) is 1. The summed E-state index contributed by atoms with van der Waals surface area (Å²) >= 11 is 1.76. The molecule has 0 bridgehead atoms. The molecule has 1 atom stereocenters. The Morgan fingerprint density at radius 2 is 1.45 bits per heavy atom.